The van der Waals surface area contributed by atoms with Crippen molar-refractivity contribution in [2.75, 3.05) is 41.5 Å². The molecule has 0 saturated carbocycles. The summed E-state index contributed by atoms with van der Waals surface area (Å²) >= 11 is 0. The average Bonchev–Trinajstić information content (AvgIpc) is 3.14. The van der Waals surface area contributed by atoms with E-state index in [-0.39, 0.29) is 12.0 Å². The maximum atomic E-state index is 11.2. The molecule has 0 aromatic carbocycles. The molecule has 0 aromatic rings. The second kappa shape index (κ2) is 6.46. The van der Waals surface area contributed by atoms with Crippen molar-refractivity contribution in [2.45, 2.75) is 18.5 Å². The first-order valence-electron chi connectivity index (χ1n) is 5.59. The standard InChI is InChI=1S/C10H21NO5Si/c1-13-10(12)9-8-11(9)6-5-7-17(14-2,15-3)16-4/h9H,5-8H2,1-4H3. The van der Waals surface area contributed by atoms with Crippen molar-refractivity contribution in [1.29, 1.82) is 0 Å². The normalized spacial score (nSPS) is 23.5. The quantitative estimate of drug-likeness (QED) is 0.352. The van der Waals surface area contributed by atoms with Gasteiger partial charge in [-0.05, 0) is 13.0 Å². The van der Waals surface area contributed by atoms with Crippen LogP contribution in [0.15, 0.2) is 0 Å². The Labute approximate surface area is 103 Å². The average molecular weight is 263 g/mol. The molecule has 0 bridgehead atoms. The number of hydrogen-bond acceptors (Lipinski definition) is 6. The third-order valence-electron chi connectivity index (χ3n) is 3.05. The first kappa shape index (κ1) is 14.6. The number of esters is 1. The SMILES string of the molecule is COC(=O)C1CN1CCC[Si](OC)(OC)OC. The molecule has 0 N–H and O–H groups in total. The van der Waals surface area contributed by atoms with Crippen LogP contribution >= 0.6 is 0 Å². The third kappa shape index (κ3) is 3.75. The summed E-state index contributed by atoms with van der Waals surface area (Å²) in [6, 6.07) is 0.699. The Hall–Kier alpha value is -0.473. The zero-order valence-corrected chi connectivity index (χ0v) is 11.9. The van der Waals surface area contributed by atoms with Gasteiger partial charge in [-0.2, -0.15) is 0 Å². The Morgan fingerprint density at radius 1 is 1.24 bits per heavy atom. The Morgan fingerprint density at radius 2 is 1.82 bits per heavy atom. The van der Waals surface area contributed by atoms with Gasteiger partial charge in [-0.15, -0.1) is 0 Å². The first-order chi connectivity index (χ1) is 8.12. The van der Waals surface area contributed by atoms with E-state index in [9.17, 15) is 4.79 Å². The van der Waals surface area contributed by atoms with Crippen molar-refractivity contribution in [1.82, 2.24) is 4.90 Å². The van der Waals surface area contributed by atoms with Crippen molar-refractivity contribution in [3.8, 4) is 0 Å². The summed E-state index contributed by atoms with van der Waals surface area (Å²) in [5.41, 5.74) is 0. The van der Waals surface area contributed by atoms with Gasteiger partial charge in [0.25, 0.3) is 0 Å². The van der Waals surface area contributed by atoms with Crippen LogP contribution in [0.5, 0.6) is 0 Å². The summed E-state index contributed by atoms with van der Waals surface area (Å²) in [5, 5.41) is 0. The third-order valence-corrected chi connectivity index (χ3v) is 5.88. The maximum absolute atomic E-state index is 11.2. The Balaban J connectivity index is 2.23. The highest BCUT2D eigenvalue weighted by molar-refractivity contribution is 6.60. The minimum absolute atomic E-state index is 0.0521. The molecule has 1 heterocycles. The van der Waals surface area contributed by atoms with E-state index in [0.717, 1.165) is 25.6 Å². The van der Waals surface area contributed by atoms with Crippen LogP contribution in [-0.4, -0.2) is 67.2 Å². The second-order valence-corrected chi connectivity index (χ2v) is 7.02. The van der Waals surface area contributed by atoms with Gasteiger partial charge >= 0.3 is 14.8 Å². The van der Waals surface area contributed by atoms with E-state index < -0.39 is 8.80 Å². The van der Waals surface area contributed by atoms with E-state index in [0.29, 0.717) is 0 Å². The molecular formula is C10H21NO5Si. The largest absolute Gasteiger partial charge is 0.500 e. The molecule has 17 heavy (non-hydrogen) atoms. The predicted molar refractivity (Wildman–Crippen MR) is 63.6 cm³/mol. The maximum Gasteiger partial charge on any atom is 0.500 e. The van der Waals surface area contributed by atoms with Crippen molar-refractivity contribution in [3.63, 3.8) is 0 Å². The number of methoxy groups -OCH3 is 1. The van der Waals surface area contributed by atoms with Gasteiger partial charge in [0.2, 0.25) is 0 Å². The van der Waals surface area contributed by atoms with E-state index in [1.165, 1.54) is 7.11 Å². The van der Waals surface area contributed by atoms with Crippen LogP contribution in [0.25, 0.3) is 0 Å². The highest BCUT2D eigenvalue weighted by Gasteiger charge is 2.42. The summed E-state index contributed by atoms with van der Waals surface area (Å²) in [7, 11) is 3.77. The summed E-state index contributed by atoms with van der Waals surface area (Å²) < 4.78 is 20.6. The molecule has 2 unspecified atom stereocenters. The van der Waals surface area contributed by atoms with Crippen LogP contribution in [0, 0.1) is 0 Å². The number of carbonyl (C=O) groups is 1. The van der Waals surface area contributed by atoms with Gasteiger partial charge in [0.05, 0.1) is 7.11 Å². The van der Waals surface area contributed by atoms with Gasteiger partial charge in [-0.1, -0.05) is 0 Å². The minimum atomic E-state index is -2.46. The van der Waals surface area contributed by atoms with Gasteiger partial charge < -0.3 is 18.0 Å². The molecule has 0 aromatic heterocycles. The van der Waals surface area contributed by atoms with Crippen molar-refractivity contribution >= 4 is 14.8 Å². The lowest BCUT2D eigenvalue weighted by Crippen LogP contribution is -2.42. The fraction of sp³-hybridized carbons (Fsp3) is 0.900. The molecule has 2 atom stereocenters. The number of rotatable bonds is 8. The molecule has 7 heteroatoms. The number of carbonyl (C=O) groups excluding carboxylic acids is 1. The topological polar surface area (TPSA) is 57.0 Å². The van der Waals surface area contributed by atoms with Crippen LogP contribution in [0.1, 0.15) is 6.42 Å². The Kier molecular flexibility index (Phi) is 5.54. The summed E-state index contributed by atoms with van der Waals surface area (Å²) in [6.07, 6.45) is 0.884. The molecule has 0 amide bonds. The van der Waals surface area contributed by atoms with E-state index in [1.807, 2.05) is 0 Å². The van der Waals surface area contributed by atoms with Crippen LogP contribution in [-0.2, 0) is 22.8 Å². The Morgan fingerprint density at radius 3 is 2.29 bits per heavy atom. The molecule has 6 nitrogen and oxygen atoms in total. The number of hydrogen-bond donors (Lipinski definition) is 0. The molecule has 1 aliphatic rings. The molecule has 1 aliphatic heterocycles. The molecule has 1 rings (SSSR count). The van der Waals surface area contributed by atoms with Crippen molar-refractivity contribution in [3.05, 3.63) is 0 Å². The fourth-order valence-corrected chi connectivity index (χ4v) is 3.54. The second-order valence-electron chi connectivity index (χ2n) is 3.93. The smallest absolute Gasteiger partial charge is 0.468 e. The lowest BCUT2D eigenvalue weighted by atomic mass is 10.4. The lowest BCUT2D eigenvalue weighted by molar-refractivity contribution is -0.140. The van der Waals surface area contributed by atoms with Gasteiger partial charge in [0, 0.05) is 33.9 Å². The first-order valence-corrected chi connectivity index (χ1v) is 7.53. The summed E-state index contributed by atoms with van der Waals surface area (Å²) in [5.74, 6) is -0.154. The molecule has 1 saturated heterocycles. The zero-order valence-electron chi connectivity index (χ0n) is 10.9. The Bertz CT molecular complexity index is 251. The lowest BCUT2D eigenvalue weighted by Gasteiger charge is -2.24. The molecule has 100 valence electrons. The highest BCUT2D eigenvalue weighted by Crippen LogP contribution is 2.22. The fourth-order valence-electron chi connectivity index (χ4n) is 1.84. The van der Waals surface area contributed by atoms with E-state index in [4.69, 9.17) is 13.3 Å². The van der Waals surface area contributed by atoms with Crippen LogP contribution in [0.4, 0.5) is 0 Å². The molecule has 0 radical (unpaired) electrons. The summed E-state index contributed by atoms with van der Waals surface area (Å²) in [6.45, 7) is 1.62. The van der Waals surface area contributed by atoms with E-state index in [1.54, 1.807) is 21.3 Å². The van der Waals surface area contributed by atoms with Gasteiger partial charge in [0.15, 0.2) is 0 Å². The number of ether oxygens (including phenoxy) is 1. The van der Waals surface area contributed by atoms with Gasteiger partial charge in [-0.25, -0.2) is 0 Å². The minimum Gasteiger partial charge on any atom is -0.468 e. The monoisotopic (exact) mass is 263 g/mol. The van der Waals surface area contributed by atoms with Gasteiger partial charge in [0.1, 0.15) is 6.04 Å². The number of nitrogens with zero attached hydrogens (tertiary/aromatic N) is 1. The molecule has 0 spiro atoms. The zero-order chi connectivity index (χ0) is 12.9. The highest BCUT2D eigenvalue weighted by atomic mass is 28.4. The van der Waals surface area contributed by atoms with Crippen molar-refractivity contribution in [2.24, 2.45) is 0 Å². The van der Waals surface area contributed by atoms with Crippen LogP contribution in [0.3, 0.4) is 0 Å². The molecule has 1 fully saturated rings. The summed E-state index contributed by atoms with van der Waals surface area (Å²) in [4.78, 5) is 13.2. The van der Waals surface area contributed by atoms with Crippen molar-refractivity contribution < 1.29 is 22.8 Å². The van der Waals surface area contributed by atoms with E-state index >= 15 is 0 Å². The predicted octanol–water partition coefficient (Wildman–Crippen LogP) is 0.112. The molecule has 0 aliphatic carbocycles. The molecular weight excluding hydrogens is 242 g/mol. The van der Waals surface area contributed by atoms with Crippen LogP contribution < -0.4 is 0 Å². The van der Waals surface area contributed by atoms with E-state index in [2.05, 4.69) is 9.64 Å². The van der Waals surface area contributed by atoms with Crippen LogP contribution in [0.2, 0.25) is 6.04 Å². The van der Waals surface area contributed by atoms with Gasteiger partial charge in [-0.3, -0.25) is 9.69 Å².